The summed E-state index contributed by atoms with van der Waals surface area (Å²) in [5.41, 5.74) is 0. The highest BCUT2D eigenvalue weighted by molar-refractivity contribution is 9.10. The van der Waals surface area contributed by atoms with Crippen LogP contribution in [0.2, 0.25) is 0 Å². The van der Waals surface area contributed by atoms with Gasteiger partial charge in [0.1, 0.15) is 23.1 Å². The van der Waals surface area contributed by atoms with Crippen LogP contribution in [-0.4, -0.2) is 24.1 Å². The van der Waals surface area contributed by atoms with Crippen molar-refractivity contribution < 1.29 is 9.47 Å². The van der Waals surface area contributed by atoms with Crippen molar-refractivity contribution in [3.63, 3.8) is 0 Å². The number of methoxy groups -OCH3 is 1. The number of hydrogen-bond acceptors (Lipinski definition) is 5. The normalized spacial score (nSPS) is 10.2. The van der Waals surface area contributed by atoms with Crippen molar-refractivity contribution in [2.45, 2.75) is 13.3 Å². The minimum Gasteiger partial charge on any atom is -0.497 e. The lowest BCUT2D eigenvalue weighted by atomic mass is 10.3. The molecule has 0 saturated carbocycles. The monoisotopic (exact) mass is 337 g/mol. The number of nitrogens with one attached hydrogen (secondary N) is 1. The van der Waals surface area contributed by atoms with Crippen molar-refractivity contribution in [1.29, 1.82) is 0 Å². The predicted octanol–water partition coefficient (Wildman–Crippen LogP) is 3.64. The van der Waals surface area contributed by atoms with E-state index in [0.29, 0.717) is 11.6 Å². The first-order valence-corrected chi connectivity index (χ1v) is 7.02. The first kappa shape index (κ1) is 14.6. The number of aromatic nitrogens is 2. The molecule has 2 rings (SSSR count). The molecule has 5 nitrogen and oxygen atoms in total. The van der Waals surface area contributed by atoms with Crippen molar-refractivity contribution in [1.82, 2.24) is 9.97 Å². The molecular formula is C14H16BrN3O2. The van der Waals surface area contributed by atoms with Gasteiger partial charge in [0.25, 0.3) is 0 Å². The topological polar surface area (TPSA) is 56.3 Å². The maximum Gasteiger partial charge on any atom is 0.224 e. The van der Waals surface area contributed by atoms with Crippen LogP contribution in [-0.2, 0) is 6.42 Å². The zero-order valence-corrected chi connectivity index (χ0v) is 13.2. The second kappa shape index (κ2) is 6.56. The van der Waals surface area contributed by atoms with E-state index in [0.717, 1.165) is 28.3 Å². The zero-order chi connectivity index (χ0) is 14.5. The van der Waals surface area contributed by atoms with Gasteiger partial charge in [-0.3, -0.25) is 0 Å². The largest absolute Gasteiger partial charge is 0.497 e. The fraction of sp³-hybridized carbons (Fsp3) is 0.286. The van der Waals surface area contributed by atoms with E-state index in [9.17, 15) is 0 Å². The molecule has 1 heterocycles. The maximum absolute atomic E-state index is 5.80. The van der Waals surface area contributed by atoms with Crippen LogP contribution in [0.25, 0.3) is 0 Å². The number of halogens is 1. The second-order valence-electron chi connectivity index (χ2n) is 4.01. The molecule has 106 valence electrons. The van der Waals surface area contributed by atoms with Crippen LogP contribution in [0.4, 0.5) is 5.82 Å². The molecule has 0 atom stereocenters. The summed E-state index contributed by atoms with van der Waals surface area (Å²) in [7, 11) is 3.44. The maximum atomic E-state index is 5.80. The lowest BCUT2D eigenvalue weighted by Crippen LogP contribution is -2.01. The Morgan fingerprint density at radius 1 is 1.25 bits per heavy atom. The summed E-state index contributed by atoms with van der Waals surface area (Å²) in [5, 5.41) is 3.00. The predicted molar refractivity (Wildman–Crippen MR) is 81.7 cm³/mol. The van der Waals surface area contributed by atoms with Crippen LogP contribution < -0.4 is 14.8 Å². The molecule has 0 fully saturated rings. The lowest BCUT2D eigenvalue weighted by Gasteiger charge is -2.10. The third-order valence-corrected chi connectivity index (χ3v) is 3.29. The van der Waals surface area contributed by atoms with Crippen molar-refractivity contribution in [3.05, 3.63) is 34.6 Å². The van der Waals surface area contributed by atoms with Crippen LogP contribution in [0.3, 0.4) is 0 Å². The molecule has 0 aliphatic heterocycles. The van der Waals surface area contributed by atoms with Gasteiger partial charge in [0.05, 0.1) is 11.6 Å². The fourth-order valence-electron chi connectivity index (χ4n) is 1.62. The average Bonchev–Trinajstić information content (AvgIpc) is 2.48. The Bertz CT molecular complexity index is 583. The summed E-state index contributed by atoms with van der Waals surface area (Å²) in [6.07, 6.45) is 0.746. The van der Waals surface area contributed by atoms with Gasteiger partial charge in [0.2, 0.25) is 5.88 Å². The van der Waals surface area contributed by atoms with Crippen molar-refractivity contribution >= 4 is 21.7 Å². The van der Waals surface area contributed by atoms with Gasteiger partial charge in [-0.15, -0.1) is 0 Å². The number of ether oxygens (including phenoxy) is 2. The third kappa shape index (κ3) is 3.39. The Hall–Kier alpha value is -1.82. The van der Waals surface area contributed by atoms with Crippen LogP contribution in [0, 0.1) is 0 Å². The average molecular weight is 338 g/mol. The minimum absolute atomic E-state index is 0.507. The SMILES string of the molecule is CCc1nc(NC)cc(Oc2ccc(OC)cc2Br)n1. The summed E-state index contributed by atoms with van der Waals surface area (Å²) in [5.74, 6) is 3.41. The highest BCUT2D eigenvalue weighted by atomic mass is 79.9. The highest BCUT2D eigenvalue weighted by Gasteiger charge is 2.08. The number of rotatable bonds is 5. The quantitative estimate of drug-likeness (QED) is 0.902. The molecule has 0 unspecified atom stereocenters. The van der Waals surface area contributed by atoms with Crippen LogP contribution in [0.1, 0.15) is 12.7 Å². The standard InChI is InChI=1S/C14H16BrN3O2/c1-4-12-17-13(16-2)8-14(18-12)20-11-6-5-9(19-3)7-10(11)15/h5-8H,4H2,1-3H3,(H,16,17,18). The molecule has 1 aromatic heterocycles. The molecule has 6 heteroatoms. The first-order valence-electron chi connectivity index (χ1n) is 6.23. The van der Waals surface area contributed by atoms with Gasteiger partial charge < -0.3 is 14.8 Å². The Balaban J connectivity index is 2.29. The van der Waals surface area contributed by atoms with Gasteiger partial charge in [0, 0.05) is 19.5 Å². The number of benzene rings is 1. The molecule has 0 radical (unpaired) electrons. The number of hydrogen-bond donors (Lipinski definition) is 1. The molecule has 20 heavy (non-hydrogen) atoms. The van der Waals surface area contributed by atoms with Crippen LogP contribution >= 0.6 is 15.9 Å². The van der Waals surface area contributed by atoms with Gasteiger partial charge in [0.15, 0.2) is 0 Å². The third-order valence-electron chi connectivity index (χ3n) is 2.67. The molecule has 0 aliphatic rings. The molecule has 0 aliphatic carbocycles. The minimum atomic E-state index is 0.507. The second-order valence-corrected chi connectivity index (χ2v) is 4.86. The summed E-state index contributed by atoms with van der Waals surface area (Å²) < 4.78 is 11.8. The molecule has 0 amide bonds. The smallest absolute Gasteiger partial charge is 0.224 e. The summed E-state index contributed by atoms with van der Waals surface area (Å²) in [6, 6.07) is 7.27. The Morgan fingerprint density at radius 3 is 2.65 bits per heavy atom. The van der Waals surface area contributed by atoms with E-state index in [1.807, 2.05) is 32.2 Å². The van der Waals surface area contributed by atoms with Gasteiger partial charge in [-0.1, -0.05) is 6.92 Å². The van der Waals surface area contributed by atoms with Crippen molar-refractivity contribution in [2.75, 3.05) is 19.5 Å². The van der Waals surface area contributed by atoms with Gasteiger partial charge >= 0.3 is 0 Å². The van der Waals surface area contributed by atoms with E-state index in [1.165, 1.54) is 0 Å². The lowest BCUT2D eigenvalue weighted by molar-refractivity contribution is 0.411. The molecule has 0 saturated heterocycles. The number of anilines is 1. The van der Waals surface area contributed by atoms with Crippen molar-refractivity contribution in [2.24, 2.45) is 0 Å². The van der Waals surface area contributed by atoms with Gasteiger partial charge in [-0.25, -0.2) is 4.98 Å². The molecule has 1 aromatic carbocycles. The molecule has 1 N–H and O–H groups in total. The Labute approximate surface area is 126 Å². The Kier molecular flexibility index (Phi) is 4.79. The highest BCUT2D eigenvalue weighted by Crippen LogP contribution is 2.32. The fourth-order valence-corrected chi connectivity index (χ4v) is 2.05. The van der Waals surface area contributed by atoms with Gasteiger partial charge in [-0.05, 0) is 34.1 Å². The summed E-state index contributed by atoms with van der Waals surface area (Å²) in [6.45, 7) is 2.00. The van der Waals surface area contributed by atoms with E-state index >= 15 is 0 Å². The van der Waals surface area contributed by atoms with E-state index in [2.05, 4.69) is 31.2 Å². The van der Waals surface area contributed by atoms with Crippen LogP contribution in [0.15, 0.2) is 28.7 Å². The van der Waals surface area contributed by atoms with Gasteiger partial charge in [-0.2, -0.15) is 4.98 Å². The molecule has 0 spiro atoms. The molecule has 2 aromatic rings. The van der Waals surface area contributed by atoms with E-state index in [1.54, 1.807) is 13.2 Å². The molecular weight excluding hydrogens is 322 g/mol. The van der Waals surface area contributed by atoms with E-state index in [4.69, 9.17) is 9.47 Å². The van der Waals surface area contributed by atoms with E-state index < -0.39 is 0 Å². The number of nitrogens with zero attached hydrogens (tertiary/aromatic N) is 2. The molecule has 0 bridgehead atoms. The van der Waals surface area contributed by atoms with Crippen LogP contribution in [0.5, 0.6) is 17.4 Å². The summed E-state index contributed by atoms with van der Waals surface area (Å²) >= 11 is 3.45. The number of aryl methyl sites for hydroxylation is 1. The zero-order valence-electron chi connectivity index (χ0n) is 11.6. The summed E-state index contributed by atoms with van der Waals surface area (Å²) in [4.78, 5) is 8.68. The Morgan fingerprint density at radius 2 is 2.05 bits per heavy atom. The first-order chi connectivity index (χ1) is 9.66. The van der Waals surface area contributed by atoms with Crippen molar-refractivity contribution in [3.8, 4) is 17.4 Å². The van der Waals surface area contributed by atoms with E-state index in [-0.39, 0.29) is 0 Å².